The van der Waals surface area contributed by atoms with Crippen molar-refractivity contribution in [2.45, 2.75) is 32.9 Å². The number of nitrogens with one attached hydrogen (secondary N) is 1. The number of carbonyl (C=O) groups excluding carboxylic acids is 2. The van der Waals surface area contributed by atoms with E-state index >= 15 is 0 Å². The number of rotatable bonds is 4. The normalized spacial score (nSPS) is 17.4. The summed E-state index contributed by atoms with van der Waals surface area (Å²) in [5, 5.41) is 2.89. The van der Waals surface area contributed by atoms with Gasteiger partial charge >= 0.3 is 0 Å². The van der Waals surface area contributed by atoms with E-state index in [1.807, 2.05) is 11.8 Å². The molecule has 0 radical (unpaired) electrons. The lowest BCUT2D eigenvalue weighted by Gasteiger charge is -2.26. The van der Waals surface area contributed by atoms with Crippen LogP contribution in [0.4, 0.5) is 4.39 Å². The molecule has 1 N–H and O–H groups in total. The van der Waals surface area contributed by atoms with Crippen molar-refractivity contribution in [2.75, 3.05) is 26.2 Å². The van der Waals surface area contributed by atoms with E-state index < -0.39 is 0 Å². The average Bonchev–Trinajstić information content (AvgIpc) is 2.79. The van der Waals surface area contributed by atoms with Gasteiger partial charge in [0.05, 0.1) is 6.04 Å². The number of nitrogens with zero attached hydrogens (tertiary/aromatic N) is 2. The van der Waals surface area contributed by atoms with Gasteiger partial charge in [0.15, 0.2) is 0 Å². The van der Waals surface area contributed by atoms with Gasteiger partial charge in [-0.1, -0.05) is 12.1 Å². The van der Waals surface area contributed by atoms with E-state index in [-0.39, 0.29) is 23.7 Å². The first-order valence-electron chi connectivity index (χ1n) is 7.99. The molecule has 1 fully saturated rings. The molecule has 1 saturated heterocycles. The van der Waals surface area contributed by atoms with Gasteiger partial charge in [0.25, 0.3) is 0 Å². The number of halogens is 1. The number of carbonyl (C=O) groups is 2. The van der Waals surface area contributed by atoms with E-state index in [9.17, 15) is 14.0 Å². The molecule has 0 saturated carbocycles. The van der Waals surface area contributed by atoms with Crippen LogP contribution in [0.15, 0.2) is 24.3 Å². The lowest BCUT2D eigenvalue weighted by Crippen LogP contribution is -2.46. The zero-order valence-corrected chi connectivity index (χ0v) is 13.7. The molecule has 1 aliphatic rings. The van der Waals surface area contributed by atoms with Crippen LogP contribution in [0.25, 0.3) is 0 Å². The molecule has 0 aliphatic carbocycles. The summed E-state index contributed by atoms with van der Waals surface area (Å²) in [5.41, 5.74) is 0.866. The Hall–Kier alpha value is -1.95. The number of benzene rings is 1. The molecular formula is C17H24FN3O2. The summed E-state index contributed by atoms with van der Waals surface area (Å²) >= 11 is 0. The Balaban J connectivity index is 1.84. The van der Waals surface area contributed by atoms with E-state index in [4.69, 9.17) is 0 Å². The highest BCUT2D eigenvalue weighted by atomic mass is 19.1. The Morgan fingerprint density at radius 3 is 2.52 bits per heavy atom. The van der Waals surface area contributed by atoms with Crippen LogP contribution in [0.1, 0.15) is 25.8 Å². The summed E-state index contributed by atoms with van der Waals surface area (Å²) in [6, 6.07) is 5.85. The Morgan fingerprint density at radius 1 is 1.17 bits per heavy atom. The van der Waals surface area contributed by atoms with Crippen LogP contribution < -0.4 is 5.32 Å². The second-order valence-electron chi connectivity index (χ2n) is 5.92. The minimum atomic E-state index is -0.284. The zero-order valence-electron chi connectivity index (χ0n) is 13.7. The lowest BCUT2D eigenvalue weighted by molar-refractivity contribution is -0.128. The fourth-order valence-corrected chi connectivity index (χ4v) is 2.74. The zero-order chi connectivity index (χ0) is 16.8. The molecule has 2 rings (SSSR count). The van der Waals surface area contributed by atoms with Crippen molar-refractivity contribution in [1.29, 1.82) is 0 Å². The van der Waals surface area contributed by atoms with Crippen molar-refractivity contribution < 1.29 is 14.0 Å². The molecular weight excluding hydrogens is 297 g/mol. The number of hydrogen-bond acceptors (Lipinski definition) is 3. The summed E-state index contributed by atoms with van der Waals surface area (Å²) in [4.78, 5) is 27.7. The van der Waals surface area contributed by atoms with Crippen molar-refractivity contribution in [3.63, 3.8) is 0 Å². The summed E-state index contributed by atoms with van der Waals surface area (Å²) < 4.78 is 12.9. The van der Waals surface area contributed by atoms with Gasteiger partial charge in [0.1, 0.15) is 5.82 Å². The molecule has 2 amide bonds. The fraction of sp³-hybridized carbons (Fsp3) is 0.529. The van der Waals surface area contributed by atoms with Crippen molar-refractivity contribution in [2.24, 2.45) is 0 Å². The first-order valence-corrected chi connectivity index (χ1v) is 7.99. The molecule has 126 valence electrons. The van der Waals surface area contributed by atoms with Crippen LogP contribution in [-0.4, -0.2) is 53.8 Å². The van der Waals surface area contributed by atoms with Crippen molar-refractivity contribution in [3.8, 4) is 0 Å². The molecule has 1 heterocycles. The topological polar surface area (TPSA) is 52.7 Å². The summed E-state index contributed by atoms with van der Waals surface area (Å²) in [6.07, 6.45) is 0.870. The van der Waals surface area contributed by atoms with E-state index in [1.54, 1.807) is 19.1 Å². The Kier molecular flexibility index (Phi) is 6.10. The second-order valence-corrected chi connectivity index (χ2v) is 5.92. The van der Waals surface area contributed by atoms with Gasteiger partial charge in [-0.15, -0.1) is 0 Å². The molecule has 0 unspecified atom stereocenters. The minimum absolute atomic E-state index is 0.0504. The lowest BCUT2D eigenvalue weighted by atomic mass is 10.2. The second kappa shape index (κ2) is 8.06. The summed E-state index contributed by atoms with van der Waals surface area (Å²) in [6.45, 7) is 6.75. The third kappa shape index (κ3) is 5.03. The van der Waals surface area contributed by atoms with Crippen molar-refractivity contribution in [3.05, 3.63) is 35.6 Å². The summed E-state index contributed by atoms with van der Waals surface area (Å²) in [5.74, 6) is -0.251. The molecule has 1 atom stereocenters. The standard InChI is InChI=1S/C17H24FN3O2/c1-13(20-8-3-9-21(11-10-20)14(2)22)17(23)19-12-15-4-6-16(18)7-5-15/h4-7,13H,3,8-12H2,1-2H3,(H,19,23)/t13-/m0/s1. The molecule has 1 aromatic carbocycles. The maximum Gasteiger partial charge on any atom is 0.237 e. The SMILES string of the molecule is CC(=O)N1CCCN([C@@H](C)C(=O)NCc2ccc(F)cc2)CC1. The Bertz CT molecular complexity index is 547. The molecule has 0 aromatic heterocycles. The molecule has 6 heteroatoms. The van der Waals surface area contributed by atoms with Gasteiger partial charge < -0.3 is 10.2 Å². The van der Waals surface area contributed by atoms with Crippen LogP contribution in [0.3, 0.4) is 0 Å². The quantitative estimate of drug-likeness (QED) is 0.912. The van der Waals surface area contributed by atoms with Crippen LogP contribution in [0.2, 0.25) is 0 Å². The van der Waals surface area contributed by atoms with Crippen LogP contribution in [0.5, 0.6) is 0 Å². The molecule has 5 nitrogen and oxygen atoms in total. The van der Waals surface area contributed by atoms with Gasteiger partial charge in [-0.3, -0.25) is 14.5 Å². The van der Waals surface area contributed by atoms with Crippen LogP contribution >= 0.6 is 0 Å². The maximum atomic E-state index is 12.9. The maximum absolute atomic E-state index is 12.9. The van der Waals surface area contributed by atoms with E-state index in [1.165, 1.54) is 12.1 Å². The van der Waals surface area contributed by atoms with Crippen LogP contribution in [0, 0.1) is 5.82 Å². The van der Waals surface area contributed by atoms with Gasteiger partial charge in [-0.25, -0.2) is 4.39 Å². The smallest absolute Gasteiger partial charge is 0.237 e. The fourth-order valence-electron chi connectivity index (χ4n) is 2.74. The summed E-state index contributed by atoms with van der Waals surface area (Å²) in [7, 11) is 0. The van der Waals surface area contributed by atoms with Gasteiger partial charge in [0, 0.05) is 39.6 Å². The molecule has 1 aliphatic heterocycles. The van der Waals surface area contributed by atoms with Gasteiger partial charge in [0.2, 0.25) is 11.8 Å². The van der Waals surface area contributed by atoms with Crippen molar-refractivity contribution >= 4 is 11.8 Å². The van der Waals surface area contributed by atoms with E-state index in [0.29, 0.717) is 19.6 Å². The molecule has 23 heavy (non-hydrogen) atoms. The molecule has 0 bridgehead atoms. The molecule has 0 spiro atoms. The monoisotopic (exact) mass is 321 g/mol. The van der Waals surface area contributed by atoms with Gasteiger partial charge in [-0.2, -0.15) is 0 Å². The van der Waals surface area contributed by atoms with E-state index in [2.05, 4.69) is 10.2 Å². The van der Waals surface area contributed by atoms with Gasteiger partial charge in [-0.05, 0) is 31.0 Å². The van der Waals surface area contributed by atoms with Crippen molar-refractivity contribution in [1.82, 2.24) is 15.1 Å². The minimum Gasteiger partial charge on any atom is -0.351 e. The number of amides is 2. The third-order valence-corrected chi connectivity index (χ3v) is 4.28. The first-order chi connectivity index (χ1) is 11.0. The Morgan fingerprint density at radius 2 is 1.87 bits per heavy atom. The predicted octanol–water partition coefficient (Wildman–Crippen LogP) is 1.38. The van der Waals surface area contributed by atoms with Crippen LogP contribution in [-0.2, 0) is 16.1 Å². The van der Waals surface area contributed by atoms with E-state index in [0.717, 1.165) is 25.1 Å². The first kappa shape index (κ1) is 17.4. The highest BCUT2D eigenvalue weighted by Gasteiger charge is 2.24. The Labute approximate surface area is 136 Å². The average molecular weight is 321 g/mol. The largest absolute Gasteiger partial charge is 0.351 e. The predicted molar refractivity (Wildman–Crippen MR) is 86.2 cm³/mol. The highest BCUT2D eigenvalue weighted by molar-refractivity contribution is 5.81. The highest BCUT2D eigenvalue weighted by Crippen LogP contribution is 2.08. The third-order valence-electron chi connectivity index (χ3n) is 4.28. The number of hydrogen-bond donors (Lipinski definition) is 1. The molecule has 1 aromatic rings.